The van der Waals surface area contributed by atoms with E-state index in [1.807, 2.05) is 38.1 Å². The highest BCUT2D eigenvalue weighted by molar-refractivity contribution is 9.09. The smallest absolute Gasteiger partial charge is 0.259 e. The summed E-state index contributed by atoms with van der Waals surface area (Å²) in [6.45, 7) is 4.01. The quantitative estimate of drug-likeness (QED) is 0.675. The molecule has 0 aliphatic carbocycles. The first kappa shape index (κ1) is 15.9. The topological polar surface area (TPSA) is 20.3 Å². The van der Waals surface area contributed by atoms with Gasteiger partial charge in [0.2, 0.25) is 0 Å². The van der Waals surface area contributed by atoms with Crippen LogP contribution in [0.25, 0.3) is 5.57 Å². The zero-order valence-electron chi connectivity index (χ0n) is 13.0. The van der Waals surface area contributed by atoms with Crippen LogP contribution in [0.4, 0.5) is 10.1 Å². The third kappa shape index (κ3) is 2.83. The van der Waals surface area contributed by atoms with Crippen molar-refractivity contribution in [2.45, 2.75) is 19.4 Å². The van der Waals surface area contributed by atoms with Crippen LogP contribution >= 0.6 is 15.9 Å². The Kier molecular flexibility index (Phi) is 4.11. The number of fused-ring (bicyclic) bond motifs is 1. The number of allylic oxidation sites excluding steroid dienone is 1. The number of nitrogens with zero attached hydrogens (tertiary/aromatic N) is 1. The Morgan fingerprint density at radius 3 is 2.43 bits per heavy atom. The molecule has 0 bridgehead atoms. The second-order valence-corrected chi connectivity index (χ2v) is 6.68. The Morgan fingerprint density at radius 2 is 1.78 bits per heavy atom. The van der Waals surface area contributed by atoms with Gasteiger partial charge in [0, 0.05) is 16.5 Å². The van der Waals surface area contributed by atoms with Crippen molar-refractivity contribution in [2.24, 2.45) is 0 Å². The van der Waals surface area contributed by atoms with Crippen molar-refractivity contribution in [2.75, 3.05) is 10.2 Å². The molecule has 1 aliphatic rings. The minimum Gasteiger partial charge on any atom is -0.299 e. The Hall–Kier alpha value is -1.94. The third-order valence-electron chi connectivity index (χ3n) is 4.03. The molecule has 0 N–H and O–H groups in total. The van der Waals surface area contributed by atoms with E-state index in [-0.39, 0.29) is 11.7 Å². The molecule has 0 saturated carbocycles. The normalized spacial score (nSPS) is 15.8. The van der Waals surface area contributed by atoms with E-state index in [0.717, 1.165) is 22.2 Å². The second kappa shape index (κ2) is 5.93. The lowest BCUT2D eigenvalue weighted by molar-refractivity contribution is 0.0970. The first-order chi connectivity index (χ1) is 10.9. The third-order valence-corrected chi connectivity index (χ3v) is 4.64. The Morgan fingerprint density at radius 1 is 1.13 bits per heavy atom. The lowest BCUT2D eigenvalue weighted by Crippen LogP contribution is -2.49. The molecule has 0 unspecified atom stereocenters. The fourth-order valence-electron chi connectivity index (χ4n) is 3.02. The first-order valence-electron chi connectivity index (χ1n) is 7.41. The molecule has 2 aromatic carbocycles. The molecule has 0 atom stereocenters. The maximum atomic E-state index is 13.1. The monoisotopic (exact) mass is 373 g/mol. The van der Waals surface area contributed by atoms with Crippen molar-refractivity contribution in [1.29, 1.82) is 0 Å². The molecule has 1 aliphatic heterocycles. The molecule has 0 fully saturated rings. The van der Waals surface area contributed by atoms with Gasteiger partial charge in [0.05, 0.1) is 11.2 Å². The maximum Gasteiger partial charge on any atom is 0.259 e. The largest absolute Gasteiger partial charge is 0.299 e. The number of para-hydroxylation sites is 1. The van der Waals surface area contributed by atoms with Crippen LogP contribution in [-0.2, 0) is 0 Å². The van der Waals surface area contributed by atoms with E-state index in [1.165, 1.54) is 24.3 Å². The molecular formula is C19H17BrFNO. The predicted octanol–water partition coefficient (Wildman–Crippen LogP) is 5.04. The fraction of sp³-hybridized carbons (Fsp3) is 0.211. The summed E-state index contributed by atoms with van der Waals surface area (Å²) in [7, 11) is 0. The molecule has 2 aromatic rings. The molecule has 0 aromatic heterocycles. The average molecular weight is 374 g/mol. The highest BCUT2D eigenvalue weighted by atomic mass is 79.9. The standard InChI is InChI=1S/C19H17BrFNO/c1-19(2)11-14(12-20)16-5-3-4-6-17(16)22(19)18(23)13-7-9-15(21)10-8-13/h3-11H,12H2,1-2H3. The molecule has 1 heterocycles. The second-order valence-electron chi connectivity index (χ2n) is 6.12. The SMILES string of the molecule is CC1(C)C=C(CBr)c2ccccc2N1C(=O)c1ccc(F)cc1. The van der Waals surface area contributed by atoms with Crippen LogP contribution in [0.2, 0.25) is 0 Å². The number of hydrogen-bond acceptors (Lipinski definition) is 1. The summed E-state index contributed by atoms with van der Waals surface area (Å²) in [5, 5.41) is 0.728. The Bertz CT molecular complexity index is 780. The molecule has 2 nitrogen and oxygen atoms in total. The van der Waals surface area contributed by atoms with Crippen molar-refractivity contribution < 1.29 is 9.18 Å². The van der Waals surface area contributed by atoms with Crippen molar-refractivity contribution in [1.82, 2.24) is 0 Å². The summed E-state index contributed by atoms with van der Waals surface area (Å²) < 4.78 is 13.1. The van der Waals surface area contributed by atoms with E-state index in [2.05, 4.69) is 22.0 Å². The molecular weight excluding hydrogens is 357 g/mol. The van der Waals surface area contributed by atoms with Gasteiger partial charge in [0.1, 0.15) is 5.82 Å². The van der Waals surface area contributed by atoms with E-state index in [1.54, 1.807) is 4.90 Å². The van der Waals surface area contributed by atoms with Crippen LogP contribution in [0, 0.1) is 5.82 Å². The number of benzene rings is 2. The summed E-state index contributed by atoms with van der Waals surface area (Å²) in [5.41, 5.74) is 3.09. The van der Waals surface area contributed by atoms with Crippen LogP contribution < -0.4 is 4.90 Å². The molecule has 0 saturated heterocycles. The number of amides is 1. The summed E-state index contributed by atoms with van der Waals surface area (Å²) in [5.74, 6) is -0.478. The van der Waals surface area contributed by atoms with E-state index in [9.17, 15) is 9.18 Å². The highest BCUT2D eigenvalue weighted by Gasteiger charge is 2.36. The first-order valence-corrected chi connectivity index (χ1v) is 8.53. The van der Waals surface area contributed by atoms with Gasteiger partial charge < -0.3 is 0 Å². The van der Waals surface area contributed by atoms with Crippen LogP contribution in [0.3, 0.4) is 0 Å². The fourth-order valence-corrected chi connectivity index (χ4v) is 3.49. The van der Waals surface area contributed by atoms with Crippen molar-refractivity contribution in [3.63, 3.8) is 0 Å². The lowest BCUT2D eigenvalue weighted by Gasteiger charge is -2.41. The minimum absolute atomic E-state index is 0.132. The van der Waals surface area contributed by atoms with E-state index < -0.39 is 5.54 Å². The zero-order valence-corrected chi connectivity index (χ0v) is 14.6. The van der Waals surface area contributed by atoms with E-state index in [0.29, 0.717) is 5.56 Å². The Balaban J connectivity index is 2.12. The number of hydrogen-bond donors (Lipinski definition) is 0. The number of carbonyl (C=O) groups excluding carboxylic acids is 1. The molecule has 3 rings (SSSR count). The maximum absolute atomic E-state index is 13.1. The van der Waals surface area contributed by atoms with Crippen molar-refractivity contribution >= 4 is 33.1 Å². The van der Waals surface area contributed by atoms with Gasteiger partial charge in [0.25, 0.3) is 5.91 Å². The van der Waals surface area contributed by atoms with Gasteiger partial charge in [-0.15, -0.1) is 0 Å². The van der Waals surface area contributed by atoms with Crippen molar-refractivity contribution in [3.05, 3.63) is 71.6 Å². The average Bonchev–Trinajstić information content (AvgIpc) is 2.53. The van der Waals surface area contributed by atoms with Gasteiger partial charge in [-0.05, 0) is 49.8 Å². The van der Waals surface area contributed by atoms with Crippen molar-refractivity contribution in [3.8, 4) is 0 Å². The van der Waals surface area contributed by atoms with Gasteiger partial charge >= 0.3 is 0 Å². The molecule has 0 spiro atoms. The minimum atomic E-state index is -0.469. The zero-order chi connectivity index (χ0) is 16.6. The van der Waals surface area contributed by atoms with E-state index >= 15 is 0 Å². The molecule has 4 heteroatoms. The van der Waals surface area contributed by atoms with Crippen LogP contribution in [0.1, 0.15) is 29.8 Å². The summed E-state index contributed by atoms with van der Waals surface area (Å²) >= 11 is 3.53. The summed E-state index contributed by atoms with van der Waals surface area (Å²) in [6.07, 6.45) is 2.10. The van der Waals surface area contributed by atoms with Gasteiger partial charge in [-0.25, -0.2) is 4.39 Å². The number of rotatable bonds is 2. The number of carbonyl (C=O) groups is 1. The van der Waals surface area contributed by atoms with Crippen LogP contribution in [0.5, 0.6) is 0 Å². The predicted molar refractivity (Wildman–Crippen MR) is 95.5 cm³/mol. The van der Waals surface area contributed by atoms with Gasteiger partial charge in [-0.2, -0.15) is 0 Å². The molecule has 23 heavy (non-hydrogen) atoms. The number of halogens is 2. The molecule has 1 amide bonds. The van der Waals surface area contributed by atoms with Crippen LogP contribution in [0.15, 0.2) is 54.6 Å². The molecule has 118 valence electrons. The summed E-state index contributed by atoms with van der Waals surface area (Å²) in [4.78, 5) is 14.8. The van der Waals surface area contributed by atoms with E-state index in [4.69, 9.17) is 0 Å². The number of alkyl halides is 1. The van der Waals surface area contributed by atoms with Gasteiger partial charge in [-0.3, -0.25) is 9.69 Å². The molecule has 0 radical (unpaired) electrons. The number of anilines is 1. The lowest BCUT2D eigenvalue weighted by atomic mass is 9.88. The van der Waals surface area contributed by atoms with Gasteiger partial charge in [-0.1, -0.05) is 40.2 Å². The van der Waals surface area contributed by atoms with Crippen LogP contribution in [-0.4, -0.2) is 16.8 Å². The Labute approximate surface area is 143 Å². The highest BCUT2D eigenvalue weighted by Crippen LogP contribution is 2.40. The van der Waals surface area contributed by atoms with Gasteiger partial charge in [0.15, 0.2) is 0 Å². The summed E-state index contributed by atoms with van der Waals surface area (Å²) in [6, 6.07) is 13.5.